The van der Waals surface area contributed by atoms with Crippen LogP contribution in [0.4, 0.5) is 0 Å². The number of halogens is 1. The SMILES string of the molecule is COc1cccc(CNC(=O)c2cn3nc(Cl)ccc3n2)c1OC. The van der Waals surface area contributed by atoms with Gasteiger partial charge in [-0.3, -0.25) is 4.79 Å². The Morgan fingerprint density at radius 1 is 1.25 bits per heavy atom. The quantitative estimate of drug-likeness (QED) is 0.767. The van der Waals surface area contributed by atoms with Gasteiger partial charge in [-0.05, 0) is 18.2 Å². The van der Waals surface area contributed by atoms with Crippen molar-refractivity contribution in [3.63, 3.8) is 0 Å². The Bertz CT molecular complexity index is 894. The summed E-state index contributed by atoms with van der Waals surface area (Å²) in [6.45, 7) is 0.279. The van der Waals surface area contributed by atoms with Gasteiger partial charge in [0, 0.05) is 12.1 Å². The standard InChI is InChI=1S/C16H15ClN4O3/c1-23-12-5-3-4-10(15(12)24-2)8-18-16(22)11-9-21-14(19-11)7-6-13(17)20-21/h3-7,9H,8H2,1-2H3,(H,18,22). The number of ether oxygens (including phenoxy) is 2. The number of amides is 1. The van der Waals surface area contributed by atoms with Crippen molar-refractivity contribution in [2.75, 3.05) is 14.2 Å². The molecule has 0 saturated heterocycles. The molecule has 0 spiro atoms. The van der Waals surface area contributed by atoms with Crippen molar-refractivity contribution in [1.82, 2.24) is 19.9 Å². The first-order chi connectivity index (χ1) is 11.6. The number of imidazole rings is 1. The zero-order valence-corrected chi connectivity index (χ0v) is 13.9. The van der Waals surface area contributed by atoms with Crippen molar-refractivity contribution in [2.45, 2.75) is 6.54 Å². The van der Waals surface area contributed by atoms with E-state index in [2.05, 4.69) is 15.4 Å². The van der Waals surface area contributed by atoms with Gasteiger partial charge in [-0.2, -0.15) is 5.10 Å². The Kier molecular flexibility index (Phi) is 4.52. The molecule has 8 heteroatoms. The number of para-hydroxylation sites is 1. The minimum Gasteiger partial charge on any atom is -0.493 e. The van der Waals surface area contributed by atoms with Crippen LogP contribution in [0.2, 0.25) is 5.15 Å². The minimum absolute atomic E-state index is 0.256. The maximum absolute atomic E-state index is 12.3. The topological polar surface area (TPSA) is 77.8 Å². The molecule has 24 heavy (non-hydrogen) atoms. The molecule has 0 unspecified atom stereocenters. The smallest absolute Gasteiger partial charge is 0.271 e. The van der Waals surface area contributed by atoms with Gasteiger partial charge in [0.05, 0.1) is 20.4 Å². The third kappa shape index (κ3) is 3.11. The summed E-state index contributed by atoms with van der Waals surface area (Å²) in [5.74, 6) is 0.876. The molecule has 0 radical (unpaired) electrons. The average molecular weight is 347 g/mol. The van der Waals surface area contributed by atoms with Gasteiger partial charge in [0.25, 0.3) is 5.91 Å². The number of methoxy groups -OCH3 is 2. The fourth-order valence-electron chi connectivity index (χ4n) is 2.33. The van der Waals surface area contributed by atoms with E-state index in [4.69, 9.17) is 21.1 Å². The molecule has 0 bridgehead atoms. The molecule has 1 amide bonds. The third-order valence-electron chi connectivity index (χ3n) is 3.44. The lowest BCUT2D eigenvalue weighted by Crippen LogP contribution is -2.23. The molecule has 1 N–H and O–H groups in total. The molecule has 1 aromatic carbocycles. The lowest BCUT2D eigenvalue weighted by molar-refractivity contribution is 0.0946. The van der Waals surface area contributed by atoms with Crippen LogP contribution in [0.1, 0.15) is 16.1 Å². The van der Waals surface area contributed by atoms with Gasteiger partial charge >= 0.3 is 0 Å². The van der Waals surface area contributed by atoms with Gasteiger partial charge in [-0.1, -0.05) is 23.7 Å². The molecule has 0 aliphatic carbocycles. The Labute approximate surface area is 143 Å². The predicted octanol–water partition coefficient (Wildman–Crippen LogP) is 2.33. The molecule has 0 atom stereocenters. The maximum atomic E-state index is 12.3. The van der Waals surface area contributed by atoms with Crippen LogP contribution in [0.3, 0.4) is 0 Å². The fraction of sp³-hybridized carbons (Fsp3) is 0.188. The molecule has 2 aromatic heterocycles. The van der Waals surface area contributed by atoms with Crippen LogP contribution in [0.5, 0.6) is 11.5 Å². The first-order valence-corrected chi connectivity index (χ1v) is 7.50. The fourth-order valence-corrected chi connectivity index (χ4v) is 2.47. The molecular weight excluding hydrogens is 332 g/mol. The van der Waals surface area contributed by atoms with Crippen LogP contribution in [0.15, 0.2) is 36.5 Å². The lowest BCUT2D eigenvalue weighted by Gasteiger charge is -2.12. The van der Waals surface area contributed by atoms with E-state index in [0.29, 0.717) is 22.3 Å². The highest BCUT2D eigenvalue weighted by atomic mass is 35.5. The molecule has 0 aliphatic rings. The van der Waals surface area contributed by atoms with Crippen molar-refractivity contribution < 1.29 is 14.3 Å². The number of carbonyl (C=O) groups is 1. The number of rotatable bonds is 5. The molecule has 0 aliphatic heterocycles. The second kappa shape index (κ2) is 6.76. The Morgan fingerprint density at radius 3 is 2.83 bits per heavy atom. The summed E-state index contributed by atoms with van der Waals surface area (Å²) in [4.78, 5) is 16.5. The third-order valence-corrected chi connectivity index (χ3v) is 3.65. The number of nitrogens with one attached hydrogen (secondary N) is 1. The van der Waals surface area contributed by atoms with E-state index < -0.39 is 0 Å². The van der Waals surface area contributed by atoms with Crippen LogP contribution < -0.4 is 14.8 Å². The van der Waals surface area contributed by atoms with Crippen LogP contribution in [0, 0.1) is 0 Å². The summed E-state index contributed by atoms with van der Waals surface area (Å²) in [5.41, 5.74) is 1.60. The Hall–Kier alpha value is -2.80. The number of benzene rings is 1. The van der Waals surface area contributed by atoms with Crippen molar-refractivity contribution in [3.8, 4) is 11.5 Å². The normalized spacial score (nSPS) is 10.6. The highest BCUT2D eigenvalue weighted by Crippen LogP contribution is 2.30. The van der Waals surface area contributed by atoms with E-state index >= 15 is 0 Å². The van der Waals surface area contributed by atoms with E-state index in [1.807, 2.05) is 12.1 Å². The lowest BCUT2D eigenvalue weighted by atomic mass is 10.2. The van der Waals surface area contributed by atoms with Crippen molar-refractivity contribution in [3.05, 3.63) is 52.9 Å². The van der Waals surface area contributed by atoms with E-state index in [9.17, 15) is 4.79 Å². The summed E-state index contributed by atoms with van der Waals surface area (Å²) >= 11 is 5.82. The molecule has 124 valence electrons. The Balaban J connectivity index is 1.77. The zero-order valence-electron chi connectivity index (χ0n) is 13.1. The summed E-state index contributed by atoms with van der Waals surface area (Å²) in [6, 6.07) is 8.79. The average Bonchev–Trinajstić information content (AvgIpc) is 3.02. The van der Waals surface area contributed by atoms with Gasteiger partial charge in [0.2, 0.25) is 0 Å². The van der Waals surface area contributed by atoms with E-state index in [1.54, 1.807) is 32.4 Å². The van der Waals surface area contributed by atoms with Crippen molar-refractivity contribution >= 4 is 23.2 Å². The van der Waals surface area contributed by atoms with Gasteiger partial charge in [-0.25, -0.2) is 9.50 Å². The first-order valence-electron chi connectivity index (χ1n) is 7.12. The molecule has 0 saturated carbocycles. The minimum atomic E-state index is -0.318. The number of nitrogens with zero attached hydrogens (tertiary/aromatic N) is 3. The number of aromatic nitrogens is 3. The van der Waals surface area contributed by atoms with Crippen LogP contribution >= 0.6 is 11.6 Å². The highest BCUT2D eigenvalue weighted by Gasteiger charge is 2.14. The summed E-state index contributed by atoms with van der Waals surface area (Å²) in [6.07, 6.45) is 1.53. The first kappa shape index (κ1) is 16.1. The number of hydrogen-bond donors (Lipinski definition) is 1. The van der Waals surface area contributed by atoms with E-state index in [0.717, 1.165) is 5.56 Å². The summed E-state index contributed by atoms with van der Waals surface area (Å²) < 4.78 is 12.1. The van der Waals surface area contributed by atoms with Crippen LogP contribution in [-0.2, 0) is 6.54 Å². The number of carbonyl (C=O) groups excluding carboxylic acids is 1. The highest BCUT2D eigenvalue weighted by molar-refractivity contribution is 6.29. The molecule has 7 nitrogen and oxygen atoms in total. The zero-order chi connectivity index (χ0) is 17.1. The Morgan fingerprint density at radius 2 is 2.08 bits per heavy atom. The summed E-state index contributed by atoms with van der Waals surface area (Å²) in [5, 5.41) is 7.18. The predicted molar refractivity (Wildman–Crippen MR) is 88.7 cm³/mol. The maximum Gasteiger partial charge on any atom is 0.271 e. The molecule has 2 heterocycles. The van der Waals surface area contributed by atoms with Gasteiger partial charge in [0.15, 0.2) is 17.1 Å². The van der Waals surface area contributed by atoms with Crippen LogP contribution in [0.25, 0.3) is 5.65 Å². The molecule has 3 aromatic rings. The van der Waals surface area contributed by atoms with Crippen LogP contribution in [-0.4, -0.2) is 34.7 Å². The van der Waals surface area contributed by atoms with Gasteiger partial charge in [-0.15, -0.1) is 0 Å². The molecule has 3 rings (SSSR count). The van der Waals surface area contributed by atoms with Crippen molar-refractivity contribution in [2.24, 2.45) is 0 Å². The second-order valence-corrected chi connectivity index (χ2v) is 5.31. The summed E-state index contributed by atoms with van der Waals surface area (Å²) in [7, 11) is 3.12. The van der Waals surface area contributed by atoms with Crippen molar-refractivity contribution in [1.29, 1.82) is 0 Å². The number of fused-ring (bicyclic) bond motifs is 1. The van der Waals surface area contributed by atoms with Gasteiger partial charge < -0.3 is 14.8 Å². The monoisotopic (exact) mass is 346 g/mol. The van der Waals surface area contributed by atoms with E-state index in [1.165, 1.54) is 10.7 Å². The molecule has 0 fully saturated rings. The van der Waals surface area contributed by atoms with E-state index in [-0.39, 0.29) is 18.1 Å². The second-order valence-electron chi connectivity index (χ2n) is 4.92. The molecular formula is C16H15ClN4O3. The largest absolute Gasteiger partial charge is 0.493 e. The number of hydrogen-bond acceptors (Lipinski definition) is 5. The van der Waals surface area contributed by atoms with Gasteiger partial charge in [0.1, 0.15) is 10.8 Å².